The first-order valence-electron chi connectivity index (χ1n) is 7.88. The van der Waals surface area contributed by atoms with E-state index in [2.05, 4.69) is 28.2 Å². The Bertz CT molecular complexity index is 484. The second kappa shape index (κ2) is 7.95. The van der Waals surface area contributed by atoms with E-state index in [1.165, 1.54) is 12.8 Å². The van der Waals surface area contributed by atoms with Crippen molar-refractivity contribution in [2.24, 2.45) is 5.92 Å². The van der Waals surface area contributed by atoms with Crippen LogP contribution in [0.15, 0.2) is 22.7 Å². The molecule has 1 fully saturated rings. The highest BCUT2D eigenvalue weighted by Gasteiger charge is 2.21. The third-order valence-corrected chi connectivity index (χ3v) is 4.95. The third kappa shape index (κ3) is 4.55. The summed E-state index contributed by atoms with van der Waals surface area (Å²) in [6, 6.07) is 5.87. The van der Waals surface area contributed by atoms with Gasteiger partial charge in [0.25, 0.3) is 5.91 Å². The van der Waals surface area contributed by atoms with E-state index in [9.17, 15) is 4.79 Å². The standard InChI is InChI=1S/C17H25BrN2O/c1-3-9-20(12-14-5-4-8-19-11-14)17(21)15-6-7-16(18)13(2)10-15/h6-7,10,14,19H,3-5,8-9,11-12H2,1-2H3. The Labute approximate surface area is 136 Å². The lowest BCUT2D eigenvalue weighted by molar-refractivity contribution is 0.0718. The summed E-state index contributed by atoms with van der Waals surface area (Å²) in [6.07, 6.45) is 3.44. The number of aryl methyl sites for hydroxylation is 1. The average molecular weight is 353 g/mol. The van der Waals surface area contributed by atoms with Gasteiger partial charge in [-0.1, -0.05) is 22.9 Å². The second-order valence-electron chi connectivity index (χ2n) is 5.93. The minimum absolute atomic E-state index is 0.165. The fraction of sp³-hybridized carbons (Fsp3) is 0.588. The minimum atomic E-state index is 0.165. The highest BCUT2D eigenvalue weighted by atomic mass is 79.9. The van der Waals surface area contributed by atoms with Crippen molar-refractivity contribution in [3.05, 3.63) is 33.8 Å². The van der Waals surface area contributed by atoms with Gasteiger partial charge >= 0.3 is 0 Å². The van der Waals surface area contributed by atoms with E-state index >= 15 is 0 Å². The molecule has 1 aromatic carbocycles. The molecule has 0 aromatic heterocycles. The number of hydrogen-bond donors (Lipinski definition) is 1. The molecule has 0 radical (unpaired) electrons. The first kappa shape index (κ1) is 16.5. The van der Waals surface area contributed by atoms with Crippen molar-refractivity contribution in [3.63, 3.8) is 0 Å². The van der Waals surface area contributed by atoms with Crippen molar-refractivity contribution < 1.29 is 4.79 Å². The number of rotatable bonds is 5. The van der Waals surface area contributed by atoms with Crippen LogP contribution in [0.4, 0.5) is 0 Å². The predicted octanol–water partition coefficient (Wildman–Crippen LogP) is 3.61. The predicted molar refractivity (Wildman–Crippen MR) is 90.7 cm³/mol. The van der Waals surface area contributed by atoms with Gasteiger partial charge in [-0.15, -0.1) is 0 Å². The molecule has 3 nitrogen and oxygen atoms in total. The quantitative estimate of drug-likeness (QED) is 0.877. The van der Waals surface area contributed by atoms with Crippen LogP contribution in [0.2, 0.25) is 0 Å². The number of carbonyl (C=O) groups excluding carboxylic acids is 1. The smallest absolute Gasteiger partial charge is 0.253 e. The highest BCUT2D eigenvalue weighted by Crippen LogP contribution is 2.19. The number of benzene rings is 1. The number of amides is 1. The van der Waals surface area contributed by atoms with Crippen LogP contribution in [0, 0.1) is 12.8 Å². The van der Waals surface area contributed by atoms with Crippen molar-refractivity contribution in [2.45, 2.75) is 33.1 Å². The maximum absolute atomic E-state index is 12.8. The molecule has 116 valence electrons. The molecule has 1 unspecified atom stereocenters. The molecule has 1 N–H and O–H groups in total. The topological polar surface area (TPSA) is 32.3 Å². The molecule has 2 rings (SSSR count). The molecule has 1 atom stereocenters. The van der Waals surface area contributed by atoms with E-state index in [1.54, 1.807) is 0 Å². The van der Waals surface area contributed by atoms with Crippen LogP contribution in [0.25, 0.3) is 0 Å². The third-order valence-electron chi connectivity index (χ3n) is 4.06. The average Bonchev–Trinajstić information content (AvgIpc) is 2.50. The van der Waals surface area contributed by atoms with Gasteiger partial charge in [0.15, 0.2) is 0 Å². The van der Waals surface area contributed by atoms with E-state index in [1.807, 2.05) is 30.0 Å². The number of halogens is 1. The van der Waals surface area contributed by atoms with E-state index < -0.39 is 0 Å². The fourth-order valence-electron chi connectivity index (χ4n) is 2.90. The molecule has 4 heteroatoms. The van der Waals surface area contributed by atoms with E-state index in [4.69, 9.17) is 0 Å². The van der Waals surface area contributed by atoms with Gasteiger partial charge in [-0.25, -0.2) is 0 Å². The Morgan fingerprint density at radius 1 is 1.48 bits per heavy atom. The van der Waals surface area contributed by atoms with Gasteiger partial charge in [-0.05, 0) is 69.0 Å². The molecule has 0 saturated carbocycles. The van der Waals surface area contributed by atoms with Crippen molar-refractivity contribution in [2.75, 3.05) is 26.2 Å². The molecule has 1 aliphatic rings. The number of hydrogen-bond acceptors (Lipinski definition) is 2. The normalized spacial score (nSPS) is 18.5. The summed E-state index contributed by atoms with van der Waals surface area (Å²) >= 11 is 3.49. The van der Waals surface area contributed by atoms with E-state index in [0.29, 0.717) is 5.92 Å². The Morgan fingerprint density at radius 3 is 2.90 bits per heavy atom. The Hall–Kier alpha value is -0.870. The number of piperidine rings is 1. The summed E-state index contributed by atoms with van der Waals surface area (Å²) in [5, 5.41) is 3.43. The summed E-state index contributed by atoms with van der Waals surface area (Å²) in [7, 11) is 0. The Morgan fingerprint density at radius 2 is 2.29 bits per heavy atom. The number of nitrogens with one attached hydrogen (secondary N) is 1. The van der Waals surface area contributed by atoms with Gasteiger partial charge in [-0.3, -0.25) is 4.79 Å². The monoisotopic (exact) mass is 352 g/mol. The largest absolute Gasteiger partial charge is 0.338 e. The second-order valence-corrected chi connectivity index (χ2v) is 6.78. The van der Waals surface area contributed by atoms with E-state index in [0.717, 1.165) is 48.2 Å². The highest BCUT2D eigenvalue weighted by molar-refractivity contribution is 9.10. The minimum Gasteiger partial charge on any atom is -0.338 e. The molecule has 1 aromatic rings. The van der Waals surface area contributed by atoms with Crippen LogP contribution < -0.4 is 5.32 Å². The fourth-order valence-corrected chi connectivity index (χ4v) is 3.14. The lowest BCUT2D eigenvalue weighted by atomic mass is 9.98. The van der Waals surface area contributed by atoms with Gasteiger partial charge in [0, 0.05) is 23.1 Å². The van der Waals surface area contributed by atoms with Crippen LogP contribution in [-0.4, -0.2) is 37.0 Å². The van der Waals surface area contributed by atoms with Crippen LogP contribution in [0.5, 0.6) is 0 Å². The van der Waals surface area contributed by atoms with Gasteiger partial charge in [0.1, 0.15) is 0 Å². The first-order chi connectivity index (χ1) is 10.1. The molecule has 1 heterocycles. The zero-order chi connectivity index (χ0) is 15.2. The van der Waals surface area contributed by atoms with Crippen LogP contribution in [0.3, 0.4) is 0 Å². The molecule has 0 bridgehead atoms. The summed E-state index contributed by atoms with van der Waals surface area (Å²) in [5.41, 5.74) is 1.91. The van der Waals surface area contributed by atoms with E-state index in [-0.39, 0.29) is 5.91 Å². The van der Waals surface area contributed by atoms with Crippen molar-refractivity contribution in [1.29, 1.82) is 0 Å². The summed E-state index contributed by atoms with van der Waals surface area (Å²) in [6.45, 7) is 8.01. The molecule has 0 spiro atoms. The van der Waals surface area contributed by atoms with Crippen LogP contribution in [-0.2, 0) is 0 Å². The molecule has 21 heavy (non-hydrogen) atoms. The van der Waals surface area contributed by atoms with Crippen LogP contribution >= 0.6 is 15.9 Å². The number of nitrogens with zero attached hydrogens (tertiary/aromatic N) is 1. The van der Waals surface area contributed by atoms with Crippen LogP contribution in [0.1, 0.15) is 42.1 Å². The molecular formula is C17H25BrN2O. The molecule has 1 amide bonds. The van der Waals surface area contributed by atoms with Gasteiger partial charge in [0.05, 0.1) is 0 Å². The first-order valence-corrected chi connectivity index (χ1v) is 8.67. The van der Waals surface area contributed by atoms with Gasteiger partial charge in [-0.2, -0.15) is 0 Å². The zero-order valence-electron chi connectivity index (χ0n) is 13.0. The van der Waals surface area contributed by atoms with Gasteiger partial charge in [0.2, 0.25) is 0 Å². The lowest BCUT2D eigenvalue weighted by Gasteiger charge is -2.30. The lowest BCUT2D eigenvalue weighted by Crippen LogP contribution is -2.41. The number of carbonyl (C=O) groups is 1. The van der Waals surface area contributed by atoms with Crippen molar-refractivity contribution in [3.8, 4) is 0 Å². The maximum Gasteiger partial charge on any atom is 0.253 e. The Balaban J connectivity index is 2.08. The summed E-state index contributed by atoms with van der Waals surface area (Å²) < 4.78 is 1.05. The van der Waals surface area contributed by atoms with Crippen molar-refractivity contribution >= 4 is 21.8 Å². The van der Waals surface area contributed by atoms with Gasteiger partial charge < -0.3 is 10.2 Å². The molecule has 1 saturated heterocycles. The SMILES string of the molecule is CCCN(CC1CCCNC1)C(=O)c1ccc(Br)c(C)c1. The molecular weight excluding hydrogens is 328 g/mol. The summed E-state index contributed by atoms with van der Waals surface area (Å²) in [5.74, 6) is 0.754. The zero-order valence-corrected chi connectivity index (χ0v) is 14.6. The summed E-state index contributed by atoms with van der Waals surface area (Å²) in [4.78, 5) is 14.8. The maximum atomic E-state index is 12.8. The molecule has 0 aliphatic carbocycles. The van der Waals surface area contributed by atoms with Crippen molar-refractivity contribution in [1.82, 2.24) is 10.2 Å². The Kier molecular flexibility index (Phi) is 6.24. The molecule has 1 aliphatic heterocycles.